The van der Waals surface area contributed by atoms with Crippen LogP contribution >= 0.6 is 39.7 Å². The summed E-state index contributed by atoms with van der Waals surface area (Å²) in [4.78, 5) is 12.9. The normalized spacial score (nSPS) is 17.3. The van der Waals surface area contributed by atoms with E-state index in [9.17, 15) is 4.79 Å². The molecule has 1 amide bonds. The summed E-state index contributed by atoms with van der Waals surface area (Å²) in [5.74, 6) is -0.209. The Bertz CT molecular complexity index is 589. The van der Waals surface area contributed by atoms with Crippen LogP contribution in [-0.4, -0.2) is 24.1 Å². The number of thiocarbonyl (C=S) groups is 1. The lowest BCUT2D eigenvalue weighted by Gasteiger charge is -2.34. The van der Waals surface area contributed by atoms with E-state index >= 15 is 0 Å². The van der Waals surface area contributed by atoms with Gasteiger partial charge in [0.15, 0.2) is 0 Å². The Morgan fingerprint density at radius 3 is 2.67 bits per heavy atom. The molecule has 0 spiro atoms. The summed E-state index contributed by atoms with van der Waals surface area (Å²) in [6.45, 7) is 2.84. The van der Waals surface area contributed by atoms with Crippen molar-refractivity contribution in [1.29, 1.82) is 0 Å². The Kier molecular flexibility index (Phi) is 5.24. The molecule has 3 N–H and O–H groups in total. The lowest BCUT2D eigenvalue weighted by Crippen LogP contribution is -2.49. The molecule has 1 heterocycles. The topological polar surface area (TPSA) is 64.4 Å². The van der Waals surface area contributed by atoms with Crippen molar-refractivity contribution in [1.82, 2.24) is 0 Å². The van der Waals surface area contributed by atoms with Gasteiger partial charge in [0.2, 0.25) is 5.91 Å². The Hall–Kier alpha value is -0.690. The zero-order valence-corrected chi connectivity index (χ0v) is 14.7. The number of carbonyl (C=O) groups excluding carboxylic acids is 1. The quantitative estimate of drug-likeness (QED) is 0.775. The van der Waals surface area contributed by atoms with Gasteiger partial charge in [-0.25, -0.2) is 0 Å². The molecule has 0 radical (unpaired) electrons. The molecular formula is C14H16BrClN2O2S. The highest BCUT2D eigenvalue weighted by atomic mass is 79.9. The van der Waals surface area contributed by atoms with Gasteiger partial charge in [-0.05, 0) is 53.4 Å². The Balaban J connectivity index is 2.27. The number of ether oxygens (including phenoxy) is 1. The Morgan fingerprint density at radius 1 is 1.48 bits per heavy atom. The largest absolute Gasteiger partial charge is 0.392 e. The third-order valence-corrected chi connectivity index (χ3v) is 5.20. The van der Waals surface area contributed by atoms with Crippen molar-refractivity contribution in [2.24, 2.45) is 11.1 Å². The summed E-state index contributed by atoms with van der Waals surface area (Å²) >= 11 is 14.7. The van der Waals surface area contributed by atoms with Crippen LogP contribution in [0.25, 0.3) is 0 Å². The first kappa shape index (κ1) is 16.7. The highest BCUT2D eigenvalue weighted by Gasteiger charge is 2.43. The number of nitrogens with one attached hydrogen (secondary N) is 1. The molecule has 7 heteroatoms. The first-order chi connectivity index (χ1) is 9.86. The number of aryl methyl sites for hydroxylation is 1. The van der Waals surface area contributed by atoms with E-state index in [1.807, 2.05) is 13.0 Å². The first-order valence-electron chi connectivity index (χ1n) is 6.51. The van der Waals surface area contributed by atoms with Crippen molar-refractivity contribution in [3.8, 4) is 0 Å². The van der Waals surface area contributed by atoms with Gasteiger partial charge in [-0.3, -0.25) is 4.79 Å². The van der Waals surface area contributed by atoms with Crippen molar-refractivity contribution in [3.63, 3.8) is 0 Å². The summed E-state index contributed by atoms with van der Waals surface area (Å²) in [5, 5.41) is 3.46. The molecule has 4 nitrogen and oxygen atoms in total. The van der Waals surface area contributed by atoms with Gasteiger partial charge in [-0.1, -0.05) is 23.8 Å². The maximum Gasteiger partial charge on any atom is 0.237 e. The van der Waals surface area contributed by atoms with E-state index in [0.717, 1.165) is 10.0 Å². The van der Waals surface area contributed by atoms with E-state index in [1.54, 1.807) is 6.07 Å². The minimum Gasteiger partial charge on any atom is -0.392 e. The van der Waals surface area contributed by atoms with Crippen LogP contribution in [0.3, 0.4) is 0 Å². The van der Waals surface area contributed by atoms with E-state index < -0.39 is 5.41 Å². The molecule has 0 aliphatic carbocycles. The van der Waals surface area contributed by atoms with Crippen molar-refractivity contribution >= 4 is 56.3 Å². The van der Waals surface area contributed by atoms with Crippen molar-refractivity contribution in [2.75, 3.05) is 18.5 Å². The van der Waals surface area contributed by atoms with Crippen molar-refractivity contribution in [3.05, 3.63) is 27.2 Å². The maximum absolute atomic E-state index is 12.7. The molecule has 1 aromatic carbocycles. The van der Waals surface area contributed by atoms with Crippen molar-refractivity contribution < 1.29 is 9.53 Å². The predicted molar refractivity (Wildman–Crippen MR) is 91.8 cm³/mol. The van der Waals surface area contributed by atoms with Crippen LogP contribution in [0.15, 0.2) is 16.6 Å². The summed E-state index contributed by atoms with van der Waals surface area (Å²) < 4.78 is 6.07. The molecule has 1 fully saturated rings. The monoisotopic (exact) mass is 390 g/mol. The van der Waals surface area contributed by atoms with E-state index in [0.29, 0.717) is 36.8 Å². The van der Waals surface area contributed by atoms with Crippen LogP contribution in [0.1, 0.15) is 18.4 Å². The third kappa shape index (κ3) is 3.39. The second-order valence-corrected chi connectivity index (χ2v) is 6.80. The van der Waals surface area contributed by atoms with Crippen LogP contribution in [-0.2, 0) is 9.53 Å². The molecule has 2 rings (SSSR count). The van der Waals surface area contributed by atoms with Crippen LogP contribution in [0.2, 0.25) is 5.02 Å². The van der Waals surface area contributed by atoms with Crippen molar-refractivity contribution in [2.45, 2.75) is 19.8 Å². The molecule has 21 heavy (non-hydrogen) atoms. The highest BCUT2D eigenvalue weighted by Crippen LogP contribution is 2.35. The minimum absolute atomic E-state index is 0.206. The number of nitrogens with two attached hydrogens (primary N) is 1. The molecule has 0 atom stereocenters. The van der Waals surface area contributed by atoms with Crippen LogP contribution < -0.4 is 11.1 Å². The minimum atomic E-state index is -0.857. The molecule has 1 aromatic rings. The van der Waals surface area contributed by atoms with Crippen LogP contribution in [0.5, 0.6) is 0 Å². The molecule has 0 unspecified atom stereocenters. The van der Waals surface area contributed by atoms with Gasteiger partial charge in [-0.15, -0.1) is 0 Å². The van der Waals surface area contributed by atoms with Gasteiger partial charge >= 0.3 is 0 Å². The second kappa shape index (κ2) is 6.60. The second-order valence-electron chi connectivity index (χ2n) is 5.09. The number of amides is 1. The molecule has 0 bridgehead atoms. The fourth-order valence-electron chi connectivity index (χ4n) is 2.29. The van der Waals surface area contributed by atoms with Gasteiger partial charge in [0.1, 0.15) is 5.41 Å². The summed E-state index contributed by atoms with van der Waals surface area (Å²) in [5.41, 5.74) is 6.51. The zero-order chi connectivity index (χ0) is 15.6. The maximum atomic E-state index is 12.7. The number of carbonyl (C=O) groups is 1. The average molecular weight is 392 g/mol. The molecule has 1 aliphatic heterocycles. The van der Waals surface area contributed by atoms with Gasteiger partial charge in [0, 0.05) is 22.7 Å². The zero-order valence-electron chi connectivity index (χ0n) is 11.5. The lowest BCUT2D eigenvalue weighted by molar-refractivity contribution is -0.126. The van der Waals surface area contributed by atoms with Gasteiger partial charge in [0.05, 0.1) is 10.7 Å². The average Bonchev–Trinajstić information content (AvgIpc) is 2.45. The fourth-order valence-corrected chi connectivity index (χ4v) is 3.31. The summed E-state index contributed by atoms with van der Waals surface area (Å²) in [6, 6.07) is 3.57. The Labute approximate surface area is 142 Å². The van der Waals surface area contributed by atoms with Gasteiger partial charge < -0.3 is 15.8 Å². The van der Waals surface area contributed by atoms with E-state index in [-0.39, 0.29) is 10.9 Å². The Morgan fingerprint density at radius 2 is 2.10 bits per heavy atom. The third-order valence-electron chi connectivity index (χ3n) is 3.75. The van der Waals surface area contributed by atoms with Crippen LogP contribution in [0.4, 0.5) is 5.69 Å². The van der Waals surface area contributed by atoms with E-state index in [1.165, 1.54) is 0 Å². The molecule has 1 aliphatic rings. The number of hydrogen-bond donors (Lipinski definition) is 2. The number of rotatable bonds is 3. The molecule has 114 valence electrons. The molecule has 1 saturated heterocycles. The number of hydrogen-bond acceptors (Lipinski definition) is 3. The number of benzene rings is 1. The predicted octanol–water partition coefficient (Wildman–Crippen LogP) is 3.43. The van der Waals surface area contributed by atoms with E-state index in [2.05, 4.69) is 21.2 Å². The fraction of sp³-hybridized carbons (Fsp3) is 0.429. The smallest absolute Gasteiger partial charge is 0.237 e. The number of anilines is 1. The lowest BCUT2D eigenvalue weighted by atomic mass is 9.79. The summed E-state index contributed by atoms with van der Waals surface area (Å²) in [7, 11) is 0. The highest BCUT2D eigenvalue weighted by molar-refractivity contribution is 9.10. The molecular weight excluding hydrogens is 376 g/mol. The molecule has 0 aromatic heterocycles. The van der Waals surface area contributed by atoms with E-state index in [4.69, 9.17) is 34.3 Å². The van der Waals surface area contributed by atoms with Crippen LogP contribution in [0, 0.1) is 12.3 Å². The standard InChI is InChI=1S/C14H16BrClN2O2S/c1-8-6-9(15)11(7-10(8)16)18-13(19)14(12(17)21)2-4-20-5-3-14/h6-7H,2-5H2,1H3,(H2,17,21)(H,18,19). The van der Waals surface area contributed by atoms with Gasteiger partial charge in [0.25, 0.3) is 0 Å². The summed E-state index contributed by atoms with van der Waals surface area (Å²) in [6.07, 6.45) is 0.983. The SMILES string of the molecule is Cc1cc(Br)c(NC(=O)C2(C(N)=S)CCOCC2)cc1Cl. The molecule has 0 saturated carbocycles. The first-order valence-corrected chi connectivity index (χ1v) is 8.09. The van der Waals surface area contributed by atoms with Gasteiger partial charge in [-0.2, -0.15) is 0 Å². The number of halogens is 2.